The fraction of sp³-hybridized carbons (Fsp3) is 0.321. The number of carbonyl (C=O) groups is 1. The lowest BCUT2D eigenvalue weighted by Gasteiger charge is -2.26. The van der Waals surface area contributed by atoms with Crippen LogP contribution in [0.25, 0.3) is 11.1 Å². The van der Waals surface area contributed by atoms with Gasteiger partial charge in [0.15, 0.2) is 0 Å². The van der Waals surface area contributed by atoms with E-state index < -0.39 is 6.23 Å². The number of hydrogen-bond acceptors (Lipinski definition) is 3. The maximum Gasteiger partial charge on any atom is 0.253 e. The van der Waals surface area contributed by atoms with Gasteiger partial charge in [-0.15, -0.1) is 0 Å². The maximum atomic E-state index is 12.5. The Labute approximate surface area is 190 Å². The van der Waals surface area contributed by atoms with Crippen LogP contribution in [0.1, 0.15) is 46.3 Å². The molecular formula is C28H32N2O2. The van der Waals surface area contributed by atoms with Crippen LogP contribution in [-0.4, -0.2) is 30.3 Å². The molecule has 0 fully saturated rings. The minimum Gasteiger partial charge on any atom is -0.374 e. The first kappa shape index (κ1) is 22.3. The monoisotopic (exact) mass is 428 g/mol. The second-order valence-corrected chi connectivity index (χ2v) is 8.61. The molecule has 32 heavy (non-hydrogen) atoms. The van der Waals surface area contributed by atoms with Gasteiger partial charge in [0.25, 0.3) is 5.91 Å². The van der Waals surface area contributed by atoms with E-state index in [4.69, 9.17) is 0 Å². The summed E-state index contributed by atoms with van der Waals surface area (Å²) in [6.45, 7) is 0. The molecule has 4 nitrogen and oxygen atoms in total. The van der Waals surface area contributed by atoms with Crippen molar-refractivity contribution in [1.29, 1.82) is 0 Å². The van der Waals surface area contributed by atoms with Crippen LogP contribution in [-0.2, 0) is 19.3 Å². The highest BCUT2D eigenvalue weighted by Gasteiger charge is 2.19. The van der Waals surface area contributed by atoms with Gasteiger partial charge >= 0.3 is 0 Å². The predicted molar refractivity (Wildman–Crippen MR) is 130 cm³/mol. The topological polar surface area (TPSA) is 61.4 Å². The smallest absolute Gasteiger partial charge is 0.253 e. The van der Waals surface area contributed by atoms with E-state index >= 15 is 0 Å². The summed E-state index contributed by atoms with van der Waals surface area (Å²) < 4.78 is 0. The summed E-state index contributed by atoms with van der Waals surface area (Å²) in [5, 5.41) is 16.5. The van der Waals surface area contributed by atoms with E-state index in [-0.39, 0.29) is 5.91 Å². The van der Waals surface area contributed by atoms with E-state index in [1.807, 2.05) is 49.5 Å². The van der Waals surface area contributed by atoms with E-state index in [1.165, 1.54) is 23.1 Å². The van der Waals surface area contributed by atoms with Gasteiger partial charge in [-0.3, -0.25) is 4.79 Å². The molecule has 3 aromatic rings. The van der Waals surface area contributed by atoms with Crippen molar-refractivity contribution >= 4 is 5.91 Å². The molecule has 2 atom stereocenters. The Balaban J connectivity index is 1.27. The summed E-state index contributed by atoms with van der Waals surface area (Å²) in [4.78, 5) is 12.5. The maximum absolute atomic E-state index is 12.5. The van der Waals surface area contributed by atoms with Gasteiger partial charge in [-0.05, 0) is 85.5 Å². The highest BCUT2D eigenvalue weighted by atomic mass is 16.3. The molecule has 1 unspecified atom stereocenters. The molecule has 3 aromatic carbocycles. The number of aryl methyl sites for hydroxylation is 1. The number of likely N-dealkylation sites (N-methyl/N-ethyl adjacent to an activating group) is 1. The zero-order chi connectivity index (χ0) is 22.3. The van der Waals surface area contributed by atoms with Crippen molar-refractivity contribution in [1.82, 2.24) is 10.6 Å². The summed E-state index contributed by atoms with van der Waals surface area (Å²) in [5.41, 5.74) is 7.04. The number of amides is 1. The van der Waals surface area contributed by atoms with Gasteiger partial charge in [-0.1, -0.05) is 60.7 Å². The number of rotatable bonds is 8. The molecule has 1 aliphatic rings. The lowest BCUT2D eigenvalue weighted by atomic mass is 9.84. The largest absolute Gasteiger partial charge is 0.374 e. The van der Waals surface area contributed by atoms with Crippen LogP contribution in [0.2, 0.25) is 0 Å². The van der Waals surface area contributed by atoms with Gasteiger partial charge in [0.05, 0.1) is 0 Å². The van der Waals surface area contributed by atoms with Crippen LogP contribution >= 0.6 is 0 Å². The SMILES string of the molecule is CN[C@H]1CCc2c(CCCC(O)NC(=O)c3ccc(-c4ccccc4)cc3)cccc2C1. The molecule has 0 spiro atoms. The number of fused-ring (bicyclic) bond motifs is 1. The summed E-state index contributed by atoms with van der Waals surface area (Å²) in [6.07, 6.45) is 4.81. The van der Waals surface area contributed by atoms with Crippen molar-refractivity contribution in [3.8, 4) is 11.1 Å². The first-order valence-electron chi connectivity index (χ1n) is 11.6. The third kappa shape index (κ3) is 5.45. The molecule has 0 bridgehead atoms. The quantitative estimate of drug-likeness (QED) is 0.463. The Morgan fingerprint density at radius 3 is 2.50 bits per heavy atom. The minimum atomic E-state index is -0.843. The number of aliphatic hydroxyl groups is 1. The summed E-state index contributed by atoms with van der Waals surface area (Å²) in [6, 6.07) is 24.7. The fourth-order valence-electron chi connectivity index (χ4n) is 4.60. The Kier molecular flexibility index (Phi) is 7.35. The number of hydrogen-bond donors (Lipinski definition) is 3. The number of nitrogens with one attached hydrogen (secondary N) is 2. The molecule has 0 aromatic heterocycles. The lowest BCUT2D eigenvalue weighted by Crippen LogP contribution is -2.34. The molecule has 1 amide bonds. The van der Waals surface area contributed by atoms with Crippen molar-refractivity contribution < 1.29 is 9.90 Å². The van der Waals surface area contributed by atoms with Gasteiger partial charge in [0.2, 0.25) is 0 Å². The van der Waals surface area contributed by atoms with Crippen molar-refractivity contribution in [3.63, 3.8) is 0 Å². The normalized spacial score (nSPS) is 16.2. The number of aliphatic hydroxyl groups excluding tert-OH is 1. The van der Waals surface area contributed by atoms with Crippen LogP contribution in [0.5, 0.6) is 0 Å². The Morgan fingerprint density at radius 1 is 1.00 bits per heavy atom. The molecule has 0 radical (unpaired) electrons. The molecule has 4 rings (SSSR count). The third-order valence-electron chi connectivity index (χ3n) is 6.46. The average molecular weight is 429 g/mol. The van der Waals surface area contributed by atoms with Crippen molar-refractivity contribution in [3.05, 3.63) is 95.1 Å². The van der Waals surface area contributed by atoms with Crippen LogP contribution in [0, 0.1) is 0 Å². The summed E-state index contributed by atoms with van der Waals surface area (Å²) >= 11 is 0. The van der Waals surface area contributed by atoms with E-state index in [1.54, 1.807) is 12.1 Å². The van der Waals surface area contributed by atoms with Crippen LogP contribution in [0.15, 0.2) is 72.8 Å². The standard InChI is InChI=1S/C28H32N2O2/c1-29-25-17-18-26-22(9-5-11-24(26)19-25)10-6-12-27(31)30-28(32)23-15-13-21(14-16-23)20-7-3-2-4-8-20/h2-5,7-9,11,13-16,25,27,29,31H,6,10,12,17-19H2,1H3,(H,30,32)/t25-,27?/m0/s1. The summed E-state index contributed by atoms with van der Waals surface area (Å²) in [7, 11) is 2.03. The Morgan fingerprint density at radius 2 is 1.75 bits per heavy atom. The first-order valence-corrected chi connectivity index (χ1v) is 11.6. The van der Waals surface area contributed by atoms with Crippen molar-refractivity contribution in [2.24, 2.45) is 0 Å². The van der Waals surface area contributed by atoms with Gasteiger partial charge in [0.1, 0.15) is 6.23 Å². The van der Waals surface area contributed by atoms with E-state index in [0.717, 1.165) is 36.8 Å². The van der Waals surface area contributed by atoms with Gasteiger partial charge in [-0.2, -0.15) is 0 Å². The molecule has 166 valence electrons. The van der Waals surface area contributed by atoms with E-state index in [0.29, 0.717) is 18.0 Å². The van der Waals surface area contributed by atoms with Crippen molar-refractivity contribution in [2.45, 2.75) is 50.8 Å². The molecule has 0 heterocycles. The fourth-order valence-corrected chi connectivity index (χ4v) is 4.60. The molecule has 1 aliphatic carbocycles. The van der Waals surface area contributed by atoms with Crippen molar-refractivity contribution in [2.75, 3.05) is 7.05 Å². The van der Waals surface area contributed by atoms with Gasteiger partial charge in [0, 0.05) is 11.6 Å². The van der Waals surface area contributed by atoms with Crippen LogP contribution < -0.4 is 10.6 Å². The van der Waals surface area contributed by atoms with E-state index in [9.17, 15) is 9.90 Å². The number of benzene rings is 3. The van der Waals surface area contributed by atoms with Crippen LogP contribution in [0.3, 0.4) is 0 Å². The Bertz CT molecular complexity index is 1030. The minimum absolute atomic E-state index is 0.243. The second-order valence-electron chi connectivity index (χ2n) is 8.61. The Hall–Kier alpha value is -2.95. The van der Waals surface area contributed by atoms with Gasteiger partial charge < -0.3 is 15.7 Å². The van der Waals surface area contributed by atoms with E-state index in [2.05, 4.69) is 28.8 Å². The zero-order valence-electron chi connectivity index (χ0n) is 18.7. The molecule has 4 heteroatoms. The average Bonchev–Trinajstić information content (AvgIpc) is 2.84. The lowest BCUT2D eigenvalue weighted by molar-refractivity contribution is 0.0760. The highest BCUT2D eigenvalue weighted by molar-refractivity contribution is 5.94. The molecule has 0 saturated heterocycles. The first-order chi connectivity index (χ1) is 15.6. The van der Waals surface area contributed by atoms with Crippen LogP contribution in [0.4, 0.5) is 0 Å². The third-order valence-corrected chi connectivity index (χ3v) is 6.46. The molecular weight excluding hydrogens is 396 g/mol. The molecule has 0 aliphatic heterocycles. The zero-order valence-corrected chi connectivity index (χ0v) is 18.7. The highest BCUT2D eigenvalue weighted by Crippen LogP contribution is 2.26. The van der Waals surface area contributed by atoms with Gasteiger partial charge in [-0.25, -0.2) is 0 Å². The number of carbonyl (C=O) groups excluding carboxylic acids is 1. The molecule has 0 saturated carbocycles. The predicted octanol–water partition coefficient (Wildman–Crippen LogP) is 4.50. The second kappa shape index (κ2) is 10.6. The molecule has 3 N–H and O–H groups in total. The summed E-state index contributed by atoms with van der Waals surface area (Å²) in [5.74, 6) is -0.243.